The van der Waals surface area contributed by atoms with Crippen LogP contribution in [-0.2, 0) is 10.2 Å². The van der Waals surface area contributed by atoms with Gasteiger partial charge in [0, 0.05) is 35.5 Å². The molecule has 1 amide bonds. The van der Waals surface area contributed by atoms with Crippen molar-refractivity contribution in [2.24, 2.45) is 5.92 Å². The van der Waals surface area contributed by atoms with Crippen molar-refractivity contribution >= 4 is 28.1 Å². The van der Waals surface area contributed by atoms with E-state index >= 15 is 0 Å². The van der Waals surface area contributed by atoms with E-state index in [1.807, 2.05) is 41.3 Å². The average Bonchev–Trinajstić information content (AvgIpc) is 3.27. The Morgan fingerprint density at radius 2 is 1.68 bits per heavy atom. The standard InChI is InChI=1S/C25H27N3O2S/c29-21-15-18(16-21)23(30)28-13-11-25(12-14-28,19-7-3-1-4-8-19)22-17-31-24(27-22)26-20-9-5-2-6-10-20/h1-10,17-18,21,29H,11-16H2,(H,26,27). The number of benzene rings is 2. The van der Waals surface area contributed by atoms with Crippen LogP contribution in [0.2, 0.25) is 0 Å². The molecule has 160 valence electrons. The van der Waals surface area contributed by atoms with Crippen LogP contribution in [0.15, 0.2) is 66.0 Å². The first-order chi connectivity index (χ1) is 15.1. The Bertz CT molecular complexity index is 1020. The van der Waals surface area contributed by atoms with Gasteiger partial charge in [0.05, 0.1) is 11.8 Å². The number of amides is 1. The molecular formula is C25H27N3O2S. The zero-order valence-corrected chi connectivity index (χ0v) is 18.2. The number of aromatic nitrogens is 1. The minimum Gasteiger partial charge on any atom is -0.393 e. The van der Waals surface area contributed by atoms with Gasteiger partial charge >= 0.3 is 0 Å². The largest absolute Gasteiger partial charge is 0.393 e. The van der Waals surface area contributed by atoms with Gasteiger partial charge in [-0.05, 0) is 43.4 Å². The smallest absolute Gasteiger partial charge is 0.225 e. The van der Waals surface area contributed by atoms with E-state index in [1.54, 1.807) is 11.3 Å². The van der Waals surface area contributed by atoms with Crippen LogP contribution in [-0.4, -0.2) is 40.1 Å². The second kappa shape index (κ2) is 8.44. The zero-order chi connectivity index (χ0) is 21.3. The van der Waals surface area contributed by atoms with E-state index in [-0.39, 0.29) is 23.3 Å². The Hall–Kier alpha value is -2.70. The minimum absolute atomic E-state index is 0.000160. The summed E-state index contributed by atoms with van der Waals surface area (Å²) in [5.41, 5.74) is 3.18. The highest BCUT2D eigenvalue weighted by atomic mass is 32.1. The number of hydrogen-bond donors (Lipinski definition) is 2. The number of aliphatic hydroxyl groups excluding tert-OH is 1. The highest BCUT2D eigenvalue weighted by molar-refractivity contribution is 7.13. The van der Waals surface area contributed by atoms with Crippen LogP contribution in [0.4, 0.5) is 10.8 Å². The Morgan fingerprint density at radius 3 is 2.32 bits per heavy atom. The number of piperidine rings is 1. The monoisotopic (exact) mass is 433 g/mol. The topological polar surface area (TPSA) is 65.5 Å². The van der Waals surface area contributed by atoms with Gasteiger partial charge < -0.3 is 15.3 Å². The molecule has 1 aromatic heterocycles. The second-order valence-electron chi connectivity index (χ2n) is 8.62. The number of para-hydroxylation sites is 1. The van der Waals surface area contributed by atoms with E-state index in [2.05, 4.69) is 35.0 Å². The highest BCUT2D eigenvalue weighted by Crippen LogP contribution is 2.43. The summed E-state index contributed by atoms with van der Waals surface area (Å²) < 4.78 is 0. The molecule has 2 aromatic carbocycles. The normalized spacial score (nSPS) is 22.5. The van der Waals surface area contributed by atoms with Crippen molar-refractivity contribution in [1.82, 2.24) is 9.88 Å². The van der Waals surface area contributed by atoms with Gasteiger partial charge in [0.2, 0.25) is 5.91 Å². The molecule has 2 aliphatic rings. The van der Waals surface area contributed by atoms with Gasteiger partial charge in [-0.15, -0.1) is 11.3 Å². The zero-order valence-electron chi connectivity index (χ0n) is 17.4. The van der Waals surface area contributed by atoms with Gasteiger partial charge in [0.15, 0.2) is 5.13 Å². The lowest BCUT2D eigenvalue weighted by molar-refractivity contribution is -0.143. The van der Waals surface area contributed by atoms with E-state index in [0.29, 0.717) is 12.8 Å². The number of carbonyl (C=O) groups excluding carboxylic acids is 1. The molecule has 3 aromatic rings. The third kappa shape index (κ3) is 3.98. The first kappa shape index (κ1) is 20.2. The molecule has 31 heavy (non-hydrogen) atoms. The molecule has 0 unspecified atom stereocenters. The van der Waals surface area contributed by atoms with Crippen molar-refractivity contribution in [3.05, 3.63) is 77.3 Å². The van der Waals surface area contributed by atoms with Gasteiger partial charge in [0.1, 0.15) is 0 Å². The van der Waals surface area contributed by atoms with Crippen molar-refractivity contribution in [2.45, 2.75) is 37.2 Å². The van der Waals surface area contributed by atoms with E-state index in [4.69, 9.17) is 4.98 Å². The van der Waals surface area contributed by atoms with E-state index in [1.165, 1.54) is 5.56 Å². The first-order valence-electron chi connectivity index (χ1n) is 10.9. The van der Waals surface area contributed by atoms with Crippen LogP contribution in [0.5, 0.6) is 0 Å². The van der Waals surface area contributed by atoms with E-state index in [9.17, 15) is 9.90 Å². The first-order valence-corrected chi connectivity index (χ1v) is 11.8. The molecule has 5 rings (SSSR count). The maximum absolute atomic E-state index is 12.8. The van der Waals surface area contributed by atoms with Gasteiger partial charge in [-0.25, -0.2) is 4.98 Å². The fraction of sp³-hybridized carbons (Fsp3) is 0.360. The number of aliphatic hydroxyl groups is 1. The maximum atomic E-state index is 12.8. The highest BCUT2D eigenvalue weighted by Gasteiger charge is 2.43. The Labute approximate surface area is 186 Å². The lowest BCUT2D eigenvalue weighted by Gasteiger charge is -2.43. The van der Waals surface area contributed by atoms with E-state index in [0.717, 1.165) is 42.4 Å². The second-order valence-corrected chi connectivity index (χ2v) is 9.48. The summed E-state index contributed by atoms with van der Waals surface area (Å²) in [6.45, 7) is 1.44. The fourth-order valence-corrected chi connectivity index (χ4v) is 5.63. The summed E-state index contributed by atoms with van der Waals surface area (Å²) in [5, 5.41) is 16.0. The molecule has 1 saturated heterocycles. The Balaban J connectivity index is 1.38. The lowest BCUT2D eigenvalue weighted by atomic mass is 9.70. The van der Waals surface area contributed by atoms with Crippen molar-refractivity contribution in [1.29, 1.82) is 0 Å². The third-order valence-corrected chi connectivity index (χ3v) is 7.49. The van der Waals surface area contributed by atoms with Crippen molar-refractivity contribution in [3.63, 3.8) is 0 Å². The van der Waals surface area contributed by atoms with Crippen LogP contribution >= 0.6 is 11.3 Å². The van der Waals surface area contributed by atoms with Crippen LogP contribution in [0.25, 0.3) is 0 Å². The molecule has 0 radical (unpaired) electrons. The van der Waals surface area contributed by atoms with Crippen molar-refractivity contribution in [3.8, 4) is 0 Å². The molecule has 2 heterocycles. The SMILES string of the molecule is O=C(C1CC(O)C1)N1CCC(c2ccccc2)(c2csc(Nc3ccccc3)n2)CC1. The van der Waals surface area contributed by atoms with Gasteiger partial charge in [-0.1, -0.05) is 48.5 Å². The third-order valence-electron chi connectivity index (χ3n) is 6.74. The summed E-state index contributed by atoms with van der Waals surface area (Å²) in [7, 11) is 0. The van der Waals surface area contributed by atoms with Crippen LogP contribution < -0.4 is 5.32 Å². The molecule has 1 saturated carbocycles. The van der Waals surface area contributed by atoms with E-state index < -0.39 is 0 Å². The number of nitrogens with one attached hydrogen (secondary N) is 1. The number of rotatable bonds is 5. The molecule has 6 heteroatoms. The summed E-state index contributed by atoms with van der Waals surface area (Å²) >= 11 is 1.63. The molecule has 0 atom stereocenters. The molecule has 2 fully saturated rings. The quantitative estimate of drug-likeness (QED) is 0.619. The molecular weight excluding hydrogens is 406 g/mol. The fourth-order valence-electron chi connectivity index (χ4n) is 4.80. The van der Waals surface area contributed by atoms with Gasteiger partial charge in [-0.3, -0.25) is 4.79 Å². The molecule has 0 spiro atoms. The van der Waals surface area contributed by atoms with Crippen molar-refractivity contribution < 1.29 is 9.90 Å². The predicted octanol–water partition coefficient (Wildman–Crippen LogP) is 4.57. The predicted molar refractivity (Wildman–Crippen MR) is 124 cm³/mol. The Kier molecular flexibility index (Phi) is 5.50. The minimum atomic E-state index is -0.298. The maximum Gasteiger partial charge on any atom is 0.225 e. The molecule has 1 aliphatic heterocycles. The molecule has 2 N–H and O–H groups in total. The Morgan fingerprint density at radius 1 is 1.03 bits per heavy atom. The molecule has 1 aliphatic carbocycles. The summed E-state index contributed by atoms with van der Waals surface area (Å²) in [5.74, 6) is 0.205. The summed E-state index contributed by atoms with van der Waals surface area (Å²) in [6, 6.07) is 20.7. The summed E-state index contributed by atoms with van der Waals surface area (Å²) in [6.07, 6.45) is 2.63. The lowest BCUT2D eigenvalue weighted by Crippen LogP contribution is -2.50. The number of thiazole rings is 1. The molecule has 5 nitrogen and oxygen atoms in total. The average molecular weight is 434 g/mol. The van der Waals surface area contributed by atoms with Gasteiger partial charge in [-0.2, -0.15) is 0 Å². The number of likely N-dealkylation sites (tertiary alicyclic amines) is 1. The molecule has 0 bridgehead atoms. The van der Waals surface area contributed by atoms with Gasteiger partial charge in [0.25, 0.3) is 0 Å². The van der Waals surface area contributed by atoms with Crippen LogP contribution in [0.1, 0.15) is 36.9 Å². The van der Waals surface area contributed by atoms with Crippen molar-refractivity contribution in [2.75, 3.05) is 18.4 Å². The number of hydrogen-bond acceptors (Lipinski definition) is 5. The van der Waals surface area contributed by atoms with Crippen LogP contribution in [0, 0.1) is 5.92 Å². The number of nitrogens with zero attached hydrogens (tertiary/aromatic N) is 2. The van der Waals surface area contributed by atoms with Crippen LogP contribution in [0.3, 0.4) is 0 Å². The summed E-state index contributed by atoms with van der Waals surface area (Å²) in [4.78, 5) is 19.8. The number of anilines is 2. The number of carbonyl (C=O) groups is 1.